The van der Waals surface area contributed by atoms with E-state index >= 15 is 0 Å². The predicted octanol–water partition coefficient (Wildman–Crippen LogP) is 2.77. The van der Waals surface area contributed by atoms with Gasteiger partial charge in [0.25, 0.3) is 0 Å². The molecule has 0 aromatic heterocycles. The van der Waals surface area contributed by atoms with Crippen molar-refractivity contribution in [1.82, 2.24) is 9.80 Å². The molecule has 1 atom stereocenters. The second kappa shape index (κ2) is 5.65. The Labute approximate surface area is 105 Å². The number of piperazine rings is 1. The van der Waals surface area contributed by atoms with Gasteiger partial charge in [-0.2, -0.15) is 0 Å². The summed E-state index contributed by atoms with van der Waals surface area (Å²) in [6.07, 6.45) is 0. The van der Waals surface area contributed by atoms with Gasteiger partial charge in [-0.3, -0.25) is 9.80 Å². The van der Waals surface area contributed by atoms with E-state index < -0.39 is 0 Å². The molecule has 0 aliphatic carbocycles. The van der Waals surface area contributed by atoms with Gasteiger partial charge in [0.2, 0.25) is 0 Å². The summed E-state index contributed by atoms with van der Waals surface area (Å²) in [6, 6.07) is 12.1. The lowest BCUT2D eigenvalue weighted by Gasteiger charge is -2.39. The van der Waals surface area contributed by atoms with Crippen molar-refractivity contribution in [3.05, 3.63) is 35.9 Å². The van der Waals surface area contributed by atoms with Crippen LogP contribution in [0.2, 0.25) is 0 Å². The first-order chi connectivity index (χ1) is 8.18. The van der Waals surface area contributed by atoms with E-state index in [1.54, 1.807) is 0 Å². The van der Waals surface area contributed by atoms with Crippen molar-refractivity contribution in [2.45, 2.75) is 32.9 Å². The van der Waals surface area contributed by atoms with Gasteiger partial charge in [0, 0.05) is 38.3 Å². The van der Waals surface area contributed by atoms with Gasteiger partial charge in [0.05, 0.1) is 0 Å². The summed E-state index contributed by atoms with van der Waals surface area (Å²) >= 11 is 0. The Hall–Kier alpha value is -0.860. The maximum Gasteiger partial charge on any atom is 0.0320 e. The Balaban J connectivity index is 1.93. The Morgan fingerprint density at radius 1 is 0.824 bits per heavy atom. The van der Waals surface area contributed by atoms with Crippen LogP contribution in [-0.2, 0) is 0 Å². The van der Waals surface area contributed by atoms with E-state index in [2.05, 4.69) is 60.9 Å². The van der Waals surface area contributed by atoms with Crippen molar-refractivity contribution < 1.29 is 0 Å². The molecule has 0 unspecified atom stereocenters. The van der Waals surface area contributed by atoms with E-state index in [1.165, 1.54) is 31.7 Å². The zero-order valence-electron chi connectivity index (χ0n) is 11.3. The molecule has 1 saturated heterocycles. The molecule has 1 aliphatic rings. The first-order valence-corrected chi connectivity index (χ1v) is 6.71. The van der Waals surface area contributed by atoms with Crippen LogP contribution >= 0.6 is 0 Å². The van der Waals surface area contributed by atoms with Crippen molar-refractivity contribution in [2.24, 2.45) is 0 Å². The van der Waals surface area contributed by atoms with Crippen LogP contribution in [0.1, 0.15) is 32.4 Å². The van der Waals surface area contributed by atoms with Crippen LogP contribution in [0.4, 0.5) is 0 Å². The lowest BCUT2D eigenvalue weighted by atomic mass is 10.1. The normalized spacial score (nSPS) is 20.7. The van der Waals surface area contributed by atoms with Gasteiger partial charge in [-0.25, -0.2) is 0 Å². The molecule has 0 saturated carbocycles. The highest BCUT2D eigenvalue weighted by atomic mass is 15.3. The van der Waals surface area contributed by atoms with E-state index in [9.17, 15) is 0 Å². The smallest absolute Gasteiger partial charge is 0.0320 e. The lowest BCUT2D eigenvalue weighted by molar-refractivity contribution is 0.0834. The minimum Gasteiger partial charge on any atom is -0.298 e. The number of nitrogens with zero attached hydrogens (tertiary/aromatic N) is 2. The molecule has 2 rings (SSSR count). The summed E-state index contributed by atoms with van der Waals surface area (Å²) in [4.78, 5) is 5.16. The van der Waals surface area contributed by atoms with Gasteiger partial charge >= 0.3 is 0 Å². The average molecular weight is 232 g/mol. The fourth-order valence-corrected chi connectivity index (χ4v) is 2.58. The molecule has 0 spiro atoms. The number of rotatable bonds is 3. The van der Waals surface area contributed by atoms with Gasteiger partial charge in [-0.15, -0.1) is 0 Å². The quantitative estimate of drug-likeness (QED) is 0.790. The van der Waals surface area contributed by atoms with Gasteiger partial charge in [0.1, 0.15) is 0 Å². The van der Waals surface area contributed by atoms with E-state index in [-0.39, 0.29) is 0 Å². The first-order valence-electron chi connectivity index (χ1n) is 6.71. The molecule has 1 aromatic carbocycles. The molecule has 0 N–H and O–H groups in total. The minimum absolute atomic E-state index is 0.547. The topological polar surface area (TPSA) is 6.48 Å². The fourth-order valence-electron chi connectivity index (χ4n) is 2.58. The highest BCUT2D eigenvalue weighted by molar-refractivity contribution is 5.18. The number of benzene rings is 1. The molecule has 2 nitrogen and oxygen atoms in total. The summed E-state index contributed by atoms with van der Waals surface area (Å²) in [7, 11) is 0. The van der Waals surface area contributed by atoms with Crippen molar-refractivity contribution in [3.63, 3.8) is 0 Å². The monoisotopic (exact) mass is 232 g/mol. The fraction of sp³-hybridized carbons (Fsp3) is 0.600. The molecule has 0 radical (unpaired) electrons. The minimum atomic E-state index is 0.547. The molecule has 0 bridgehead atoms. The Bertz CT molecular complexity index is 326. The molecular formula is C15H24N2. The van der Waals surface area contributed by atoms with Crippen LogP contribution in [0.3, 0.4) is 0 Å². The maximum absolute atomic E-state index is 2.59. The van der Waals surface area contributed by atoms with Crippen molar-refractivity contribution >= 4 is 0 Å². The SMILES string of the molecule is CC(C)N1CCN([C@@H](C)c2ccccc2)CC1. The van der Waals surface area contributed by atoms with Crippen molar-refractivity contribution in [2.75, 3.05) is 26.2 Å². The van der Waals surface area contributed by atoms with E-state index in [1.807, 2.05) is 0 Å². The van der Waals surface area contributed by atoms with E-state index in [0.717, 1.165) is 0 Å². The third-order valence-corrected chi connectivity index (χ3v) is 3.91. The van der Waals surface area contributed by atoms with Gasteiger partial charge in [-0.1, -0.05) is 30.3 Å². The van der Waals surface area contributed by atoms with E-state index in [0.29, 0.717) is 12.1 Å². The van der Waals surface area contributed by atoms with Crippen LogP contribution < -0.4 is 0 Å². The molecule has 94 valence electrons. The third-order valence-electron chi connectivity index (χ3n) is 3.91. The molecule has 1 heterocycles. The van der Waals surface area contributed by atoms with Crippen LogP contribution in [0.5, 0.6) is 0 Å². The summed E-state index contributed by atoms with van der Waals surface area (Å²) < 4.78 is 0. The molecule has 2 heteroatoms. The molecule has 0 amide bonds. The van der Waals surface area contributed by atoms with Gasteiger partial charge < -0.3 is 0 Å². The summed E-state index contributed by atoms with van der Waals surface area (Å²) in [5.41, 5.74) is 1.44. The van der Waals surface area contributed by atoms with Crippen molar-refractivity contribution in [1.29, 1.82) is 0 Å². The van der Waals surface area contributed by atoms with Gasteiger partial charge in [0.15, 0.2) is 0 Å². The van der Waals surface area contributed by atoms with Crippen LogP contribution in [0.15, 0.2) is 30.3 Å². The summed E-state index contributed by atoms with van der Waals surface area (Å²) in [5, 5.41) is 0. The second-order valence-electron chi connectivity index (χ2n) is 5.25. The highest BCUT2D eigenvalue weighted by Gasteiger charge is 2.22. The van der Waals surface area contributed by atoms with E-state index in [4.69, 9.17) is 0 Å². The Kier molecular flexibility index (Phi) is 4.19. The number of hydrogen-bond donors (Lipinski definition) is 0. The van der Waals surface area contributed by atoms with Crippen LogP contribution in [-0.4, -0.2) is 42.0 Å². The third kappa shape index (κ3) is 3.08. The Morgan fingerprint density at radius 3 is 1.88 bits per heavy atom. The lowest BCUT2D eigenvalue weighted by Crippen LogP contribution is -2.49. The molecule has 17 heavy (non-hydrogen) atoms. The Morgan fingerprint density at radius 2 is 1.35 bits per heavy atom. The molecular weight excluding hydrogens is 208 g/mol. The predicted molar refractivity (Wildman–Crippen MR) is 73.1 cm³/mol. The maximum atomic E-state index is 2.59. The zero-order chi connectivity index (χ0) is 12.3. The molecule has 1 aliphatic heterocycles. The second-order valence-corrected chi connectivity index (χ2v) is 5.25. The van der Waals surface area contributed by atoms with Crippen LogP contribution in [0, 0.1) is 0 Å². The van der Waals surface area contributed by atoms with Crippen LogP contribution in [0.25, 0.3) is 0 Å². The number of hydrogen-bond acceptors (Lipinski definition) is 2. The average Bonchev–Trinajstić information content (AvgIpc) is 2.39. The first kappa shape index (κ1) is 12.6. The molecule has 1 fully saturated rings. The summed E-state index contributed by atoms with van der Waals surface area (Å²) in [5.74, 6) is 0. The van der Waals surface area contributed by atoms with Crippen molar-refractivity contribution in [3.8, 4) is 0 Å². The largest absolute Gasteiger partial charge is 0.298 e. The highest BCUT2D eigenvalue weighted by Crippen LogP contribution is 2.21. The zero-order valence-corrected chi connectivity index (χ0v) is 11.3. The van der Waals surface area contributed by atoms with Gasteiger partial charge in [-0.05, 0) is 26.3 Å². The summed E-state index contributed by atoms with van der Waals surface area (Å²) in [6.45, 7) is 11.7. The molecule has 1 aromatic rings. The standard InChI is InChI=1S/C15H24N2/c1-13(2)16-9-11-17(12-10-16)14(3)15-7-5-4-6-8-15/h4-8,13-14H,9-12H2,1-3H3/t14-/m0/s1.